The zero-order valence-corrected chi connectivity index (χ0v) is 17.1. The molecule has 0 bridgehead atoms. The number of amides is 1. The van der Waals surface area contributed by atoms with Crippen molar-refractivity contribution >= 4 is 53.9 Å². The third-order valence-electron chi connectivity index (χ3n) is 4.00. The second-order valence-electron chi connectivity index (χ2n) is 5.60. The number of carbonyl (C=O) groups is 1. The molecular weight excluding hydrogens is 420 g/mol. The van der Waals surface area contributed by atoms with Gasteiger partial charge in [-0.3, -0.25) is 4.79 Å². The van der Waals surface area contributed by atoms with Gasteiger partial charge in [0.25, 0.3) is 5.91 Å². The Morgan fingerprint density at radius 2 is 2.08 bits per heavy atom. The SMILES string of the molecule is CN(C(=O)c1cccnc1Oc1ccc(Cl)cc1Cl)C1CCNC1.Cl.Cl. The monoisotopic (exact) mass is 437 g/mol. The first kappa shape index (κ1) is 22.8. The van der Waals surface area contributed by atoms with Gasteiger partial charge in [-0.1, -0.05) is 23.2 Å². The number of ether oxygens (including phenoxy) is 1. The number of halogens is 4. The minimum absolute atomic E-state index is 0. The Morgan fingerprint density at radius 3 is 2.73 bits per heavy atom. The number of aromatic nitrogens is 1. The van der Waals surface area contributed by atoms with Crippen LogP contribution in [0.4, 0.5) is 0 Å². The zero-order chi connectivity index (χ0) is 17.1. The topological polar surface area (TPSA) is 54.5 Å². The summed E-state index contributed by atoms with van der Waals surface area (Å²) in [4.78, 5) is 18.7. The first-order valence-electron chi connectivity index (χ1n) is 7.62. The quantitative estimate of drug-likeness (QED) is 0.765. The number of benzene rings is 1. The van der Waals surface area contributed by atoms with E-state index in [0.717, 1.165) is 19.5 Å². The molecule has 1 aromatic heterocycles. The summed E-state index contributed by atoms with van der Waals surface area (Å²) in [6, 6.07) is 8.49. The van der Waals surface area contributed by atoms with E-state index >= 15 is 0 Å². The molecule has 1 aliphatic rings. The van der Waals surface area contributed by atoms with Crippen molar-refractivity contribution in [3.63, 3.8) is 0 Å². The fourth-order valence-electron chi connectivity index (χ4n) is 2.62. The maximum atomic E-state index is 12.8. The molecule has 1 atom stereocenters. The molecule has 5 nitrogen and oxygen atoms in total. The summed E-state index contributed by atoms with van der Waals surface area (Å²) in [5.41, 5.74) is 0.401. The van der Waals surface area contributed by atoms with Crippen molar-refractivity contribution in [2.75, 3.05) is 20.1 Å². The Hall–Kier alpha value is -1.24. The van der Waals surface area contributed by atoms with Gasteiger partial charge in [0.15, 0.2) is 0 Å². The number of rotatable bonds is 4. The molecule has 26 heavy (non-hydrogen) atoms. The standard InChI is InChI=1S/C17H17Cl2N3O2.2ClH/c1-22(12-6-8-20-10-12)17(23)13-3-2-7-21-16(13)24-15-5-4-11(18)9-14(15)19;;/h2-5,7,9,12,20H,6,8,10H2,1H3;2*1H. The second-order valence-corrected chi connectivity index (χ2v) is 6.44. The summed E-state index contributed by atoms with van der Waals surface area (Å²) in [5, 5.41) is 4.13. The van der Waals surface area contributed by atoms with Crippen LogP contribution in [0, 0.1) is 0 Å². The van der Waals surface area contributed by atoms with Crippen LogP contribution in [-0.2, 0) is 0 Å². The molecule has 3 rings (SSSR count). The molecule has 0 radical (unpaired) electrons. The lowest BCUT2D eigenvalue weighted by Gasteiger charge is -2.24. The van der Waals surface area contributed by atoms with Crippen LogP contribution < -0.4 is 10.1 Å². The molecule has 1 saturated heterocycles. The summed E-state index contributed by atoms with van der Waals surface area (Å²) in [6.07, 6.45) is 2.51. The lowest BCUT2D eigenvalue weighted by Crippen LogP contribution is -2.38. The van der Waals surface area contributed by atoms with Gasteiger partial charge in [0, 0.05) is 30.9 Å². The van der Waals surface area contributed by atoms with Gasteiger partial charge in [-0.25, -0.2) is 4.98 Å². The Labute approximate surface area is 174 Å². The van der Waals surface area contributed by atoms with Gasteiger partial charge in [0.2, 0.25) is 5.88 Å². The van der Waals surface area contributed by atoms with E-state index in [0.29, 0.717) is 21.4 Å². The van der Waals surface area contributed by atoms with E-state index in [-0.39, 0.29) is 42.6 Å². The van der Waals surface area contributed by atoms with Crippen LogP contribution in [0.2, 0.25) is 10.0 Å². The van der Waals surface area contributed by atoms with Crippen molar-refractivity contribution < 1.29 is 9.53 Å². The van der Waals surface area contributed by atoms with Gasteiger partial charge in [-0.05, 0) is 43.3 Å². The number of pyridine rings is 1. The largest absolute Gasteiger partial charge is 0.437 e. The van der Waals surface area contributed by atoms with Crippen molar-refractivity contribution in [3.8, 4) is 11.6 Å². The van der Waals surface area contributed by atoms with Crippen LogP contribution in [-0.4, -0.2) is 42.0 Å². The van der Waals surface area contributed by atoms with E-state index in [1.165, 1.54) is 0 Å². The van der Waals surface area contributed by atoms with Gasteiger partial charge in [0.1, 0.15) is 11.3 Å². The van der Waals surface area contributed by atoms with E-state index in [9.17, 15) is 4.79 Å². The third kappa shape index (κ3) is 5.15. The molecule has 142 valence electrons. The van der Waals surface area contributed by atoms with E-state index in [1.54, 1.807) is 48.5 Å². The van der Waals surface area contributed by atoms with Crippen molar-refractivity contribution in [1.29, 1.82) is 0 Å². The summed E-state index contributed by atoms with van der Waals surface area (Å²) in [7, 11) is 1.80. The van der Waals surface area contributed by atoms with Gasteiger partial charge in [0.05, 0.1) is 5.02 Å². The van der Waals surface area contributed by atoms with Crippen LogP contribution >= 0.6 is 48.0 Å². The number of hydrogen-bond acceptors (Lipinski definition) is 4. The minimum atomic E-state index is -0.128. The maximum absolute atomic E-state index is 12.8. The lowest BCUT2D eigenvalue weighted by molar-refractivity contribution is 0.0740. The highest BCUT2D eigenvalue weighted by Gasteiger charge is 2.26. The smallest absolute Gasteiger partial charge is 0.259 e. The summed E-state index contributed by atoms with van der Waals surface area (Å²) in [5.74, 6) is 0.500. The lowest BCUT2D eigenvalue weighted by atomic mass is 10.2. The Morgan fingerprint density at radius 1 is 1.31 bits per heavy atom. The fourth-order valence-corrected chi connectivity index (χ4v) is 3.07. The molecule has 0 saturated carbocycles. The molecule has 1 fully saturated rings. The number of nitrogens with one attached hydrogen (secondary N) is 1. The minimum Gasteiger partial charge on any atom is -0.437 e. The van der Waals surface area contributed by atoms with Crippen molar-refractivity contribution in [3.05, 3.63) is 52.1 Å². The van der Waals surface area contributed by atoms with E-state index in [1.807, 2.05) is 0 Å². The summed E-state index contributed by atoms with van der Waals surface area (Å²) in [6.45, 7) is 1.71. The Kier molecular flexibility index (Phi) is 8.93. The molecule has 1 aromatic carbocycles. The van der Waals surface area contributed by atoms with E-state index in [2.05, 4.69) is 10.3 Å². The molecule has 1 amide bonds. The molecule has 0 aliphatic carbocycles. The molecule has 2 aromatic rings. The Balaban J connectivity index is 0.00000169. The zero-order valence-electron chi connectivity index (χ0n) is 13.9. The van der Waals surface area contributed by atoms with E-state index in [4.69, 9.17) is 27.9 Å². The molecule has 2 heterocycles. The number of nitrogens with zero attached hydrogens (tertiary/aromatic N) is 2. The second kappa shape index (κ2) is 10.2. The summed E-state index contributed by atoms with van der Waals surface area (Å²) >= 11 is 12.0. The highest BCUT2D eigenvalue weighted by molar-refractivity contribution is 6.35. The van der Waals surface area contributed by atoms with Gasteiger partial charge < -0.3 is 15.0 Å². The average Bonchev–Trinajstić information content (AvgIpc) is 3.11. The highest BCUT2D eigenvalue weighted by Crippen LogP contribution is 2.32. The number of carbonyl (C=O) groups excluding carboxylic acids is 1. The fraction of sp³-hybridized carbons (Fsp3) is 0.294. The molecule has 9 heteroatoms. The van der Waals surface area contributed by atoms with Crippen LogP contribution in [0.3, 0.4) is 0 Å². The van der Waals surface area contributed by atoms with Crippen LogP contribution in [0.15, 0.2) is 36.5 Å². The number of hydrogen-bond donors (Lipinski definition) is 1. The van der Waals surface area contributed by atoms with Gasteiger partial charge in [-0.15, -0.1) is 24.8 Å². The van der Waals surface area contributed by atoms with Crippen LogP contribution in [0.25, 0.3) is 0 Å². The van der Waals surface area contributed by atoms with Crippen LogP contribution in [0.1, 0.15) is 16.8 Å². The molecule has 1 N–H and O–H groups in total. The Bertz CT molecular complexity index is 755. The van der Waals surface area contributed by atoms with Crippen molar-refractivity contribution in [1.82, 2.24) is 15.2 Å². The van der Waals surface area contributed by atoms with Gasteiger partial charge >= 0.3 is 0 Å². The molecule has 0 spiro atoms. The van der Waals surface area contributed by atoms with Crippen molar-refractivity contribution in [2.45, 2.75) is 12.5 Å². The first-order chi connectivity index (χ1) is 11.6. The number of likely N-dealkylation sites (N-methyl/N-ethyl adjacent to an activating group) is 1. The van der Waals surface area contributed by atoms with Crippen LogP contribution in [0.5, 0.6) is 11.6 Å². The predicted molar refractivity (Wildman–Crippen MR) is 109 cm³/mol. The first-order valence-corrected chi connectivity index (χ1v) is 8.37. The molecule has 1 unspecified atom stereocenters. The molecular formula is C17H19Cl4N3O2. The summed E-state index contributed by atoms with van der Waals surface area (Å²) < 4.78 is 5.76. The maximum Gasteiger partial charge on any atom is 0.259 e. The van der Waals surface area contributed by atoms with Crippen molar-refractivity contribution in [2.24, 2.45) is 0 Å². The van der Waals surface area contributed by atoms with E-state index < -0.39 is 0 Å². The predicted octanol–water partition coefficient (Wildman–Crippen LogP) is 4.46. The van der Waals surface area contributed by atoms with Gasteiger partial charge in [-0.2, -0.15) is 0 Å². The highest BCUT2D eigenvalue weighted by atomic mass is 35.5. The molecule has 1 aliphatic heterocycles. The average molecular weight is 439 g/mol. The normalized spacial score (nSPS) is 15.6. The third-order valence-corrected chi connectivity index (χ3v) is 4.53.